The lowest BCUT2D eigenvalue weighted by Crippen LogP contribution is -2.42. The molecule has 0 aromatic heterocycles. The minimum atomic E-state index is -0.578. The Bertz CT molecular complexity index is 610. The van der Waals surface area contributed by atoms with E-state index in [1.807, 2.05) is 6.92 Å². The van der Waals surface area contributed by atoms with Crippen LogP contribution in [0.25, 0.3) is 0 Å². The Kier molecular flexibility index (Phi) is 7.03. The van der Waals surface area contributed by atoms with Gasteiger partial charge < -0.3 is 15.7 Å². The lowest BCUT2D eigenvalue weighted by molar-refractivity contribution is -0.117. The molecule has 5 nitrogen and oxygen atoms in total. The van der Waals surface area contributed by atoms with Crippen LogP contribution in [0, 0.1) is 0 Å². The third-order valence-corrected chi connectivity index (χ3v) is 4.18. The molecular formula is C19H27N3O2. The second kappa shape index (κ2) is 9.25. The van der Waals surface area contributed by atoms with Crippen LogP contribution in [-0.2, 0) is 17.8 Å². The van der Waals surface area contributed by atoms with Gasteiger partial charge >= 0.3 is 0 Å². The number of amides is 1. The molecule has 0 unspecified atom stereocenters. The van der Waals surface area contributed by atoms with Crippen LogP contribution in [0.2, 0.25) is 0 Å². The van der Waals surface area contributed by atoms with E-state index >= 15 is 0 Å². The normalized spacial score (nSPS) is 16.7. The molecule has 1 atom stereocenters. The number of carbonyl (C=O) groups is 1. The number of hydrogen-bond acceptors (Lipinski definition) is 4. The topological polar surface area (TPSA) is 64.6 Å². The summed E-state index contributed by atoms with van der Waals surface area (Å²) in [5, 5.41) is 15.9. The number of nitrogens with one attached hydrogen (secondary N) is 2. The van der Waals surface area contributed by atoms with E-state index in [4.69, 9.17) is 0 Å². The molecule has 24 heavy (non-hydrogen) atoms. The van der Waals surface area contributed by atoms with E-state index in [-0.39, 0.29) is 12.5 Å². The Morgan fingerprint density at radius 1 is 1.38 bits per heavy atom. The van der Waals surface area contributed by atoms with Crippen LogP contribution in [0.5, 0.6) is 0 Å². The zero-order chi connectivity index (χ0) is 17.4. The van der Waals surface area contributed by atoms with Crippen molar-refractivity contribution in [1.29, 1.82) is 0 Å². The fourth-order valence-electron chi connectivity index (χ4n) is 2.86. The third-order valence-electron chi connectivity index (χ3n) is 4.18. The highest BCUT2D eigenvalue weighted by Gasteiger charge is 2.18. The van der Waals surface area contributed by atoms with Crippen molar-refractivity contribution in [3.63, 3.8) is 0 Å². The fraction of sp³-hybridized carbons (Fsp3) is 0.421. The highest BCUT2D eigenvalue weighted by atomic mass is 16.3. The van der Waals surface area contributed by atoms with Crippen molar-refractivity contribution in [3.05, 3.63) is 59.3 Å². The Balaban J connectivity index is 1.79. The molecule has 3 N–H and O–H groups in total. The van der Waals surface area contributed by atoms with Crippen LogP contribution < -0.4 is 10.6 Å². The van der Waals surface area contributed by atoms with Gasteiger partial charge in [-0.15, -0.1) is 0 Å². The number of β-amino-alcohol motifs (C(OH)–C–C–N with tert-alkyl or cyclic N) is 1. The van der Waals surface area contributed by atoms with Gasteiger partial charge in [0.05, 0.1) is 6.10 Å². The number of aliphatic hydroxyl groups excluding tert-OH is 1. The maximum atomic E-state index is 12.1. The molecule has 1 heterocycles. The number of aliphatic hydroxyl groups is 1. The Labute approximate surface area is 144 Å². The van der Waals surface area contributed by atoms with Gasteiger partial charge in [0.25, 0.3) is 5.91 Å². The molecular weight excluding hydrogens is 302 g/mol. The molecule has 130 valence electrons. The summed E-state index contributed by atoms with van der Waals surface area (Å²) in [7, 11) is 1.78. The first-order valence-corrected chi connectivity index (χ1v) is 8.39. The van der Waals surface area contributed by atoms with Crippen molar-refractivity contribution >= 4 is 5.91 Å². The number of allylic oxidation sites excluding steroid dienone is 1. The zero-order valence-corrected chi connectivity index (χ0v) is 14.5. The molecule has 0 saturated carbocycles. The number of benzene rings is 1. The van der Waals surface area contributed by atoms with E-state index in [2.05, 4.69) is 39.8 Å². The number of carbonyl (C=O) groups excluding carboxylic acids is 1. The van der Waals surface area contributed by atoms with Gasteiger partial charge in [0.2, 0.25) is 0 Å². The first-order chi connectivity index (χ1) is 11.6. The standard InChI is InChI=1S/C19H27N3O2/c1-3-15(8-10-20-2)19(24)21-12-18(23)14-22-11-9-16-6-4-5-7-17(16)13-22/h3-8,10,18,20,23H,9,11-14H2,1-2H3,(H,21,24)/b10-8-,15-3+/t18-/m1/s1. The highest BCUT2D eigenvalue weighted by molar-refractivity contribution is 5.96. The maximum Gasteiger partial charge on any atom is 0.251 e. The molecule has 0 aliphatic carbocycles. The Hall–Kier alpha value is -2.11. The van der Waals surface area contributed by atoms with Crippen molar-refractivity contribution in [2.24, 2.45) is 0 Å². The average molecular weight is 329 g/mol. The average Bonchev–Trinajstić information content (AvgIpc) is 2.60. The van der Waals surface area contributed by atoms with Gasteiger partial charge in [-0.2, -0.15) is 0 Å². The van der Waals surface area contributed by atoms with Crippen LogP contribution in [0.15, 0.2) is 48.2 Å². The molecule has 0 saturated heterocycles. The highest BCUT2D eigenvalue weighted by Crippen LogP contribution is 2.18. The fourth-order valence-corrected chi connectivity index (χ4v) is 2.86. The molecule has 1 aliphatic heterocycles. The largest absolute Gasteiger partial charge is 0.394 e. The summed E-state index contributed by atoms with van der Waals surface area (Å²) in [6, 6.07) is 8.43. The molecule has 0 radical (unpaired) electrons. The smallest absolute Gasteiger partial charge is 0.251 e. The second-order valence-electron chi connectivity index (χ2n) is 5.98. The van der Waals surface area contributed by atoms with Crippen molar-refractivity contribution in [3.8, 4) is 0 Å². The van der Waals surface area contributed by atoms with Crippen LogP contribution >= 0.6 is 0 Å². The van der Waals surface area contributed by atoms with E-state index in [1.165, 1.54) is 11.1 Å². The van der Waals surface area contributed by atoms with Crippen molar-refractivity contribution in [1.82, 2.24) is 15.5 Å². The van der Waals surface area contributed by atoms with Gasteiger partial charge in [-0.3, -0.25) is 9.69 Å². The summed E-state index contributed by atoms with van der Waals surface area (Å²) >= 11 is 0. The summed E-state index contributed by atoms with van der Waals surface area (Å²) in [6.45, 7) is 4.42. The van der Waals surface area contributed by atoms with E-state index in [9.17, 15) is 9.90 Å². The summed E-state index contributed by atoms with van der Waals surface area (Å²) in [5.41, 5.74) is 3.29. The Morgan fingerprint density at radius 2 is 2.12 bits per heavy atom. The Morgan fingerprint density at radius 3 is 2.83 bits per heavy atom. The molecule has 2 rings (SSSR count). The van der Waals surface area contributed by atoms with Gasteiger partial charge in [-0.25, -0.2) is 0 Å². The van der Waals surface area contributed by atoms with E-state index in [0.29, 0.717) is 12.1 Å². The number of nitrogens with zero attached hydrogens (tertiary/aromatic N) is 1. The minimum absolute atomic E-state index is 0.174. The number of fused-ring (bicyclic) bond motifs is 1. The molecule has 0 bridgehead atoms. The molecule has 1 aromatic rings. The van der Waals surface area contributed by atoms with Crippen LogP contribution in [-0.4, -0.2) is 48.7 Å². The molecule has 5 heteroatoms. The zero-order valence-electron chi connectivity index (χ0n) is 14.5. The van der Waals surface area contributed by atoms with Gasteiger partial charge in [-0.1, -0.05) is 30.3 Å². The predicted molar refractivity (Wildman–Crippen MR) is 96.4 cm³/mol. The summed E-state index contributed by atoms with van der Waals surface area (Å²) in [5.74, 6) is -0.174. The number of hydrogen-bond donors (Lipinski definition) is 3. The summed E-state index contributed by atoms with van der Waals surface area (Å²) < 4.78 is 0. The lowest BCUT2D eigenvalue weighted by Gasteiger charge is -2.30. The van der Waals surface area contributed by atoms with Crippen LogP contribution in [0.4, 0.5) is 0 Å². The van der Waals surface area contributed by atoms with Crippen LogP contribution in [0.3, 0.4) is 0 Å². The molecule has 0 spiro atoms. The quantitative estimate of drug-likeness (QED) is 0.520. The monoisotopic (exact) mass is 329 g/mol. The SMILES string of the molecule is C/C=C(\C=C/NC)C(=O)NC[C@@H](O)CN1CCc2ccccc2C1. The number of rotatable bonds is 7. The minimum Gasteiger partial charge on any atom is -0.394 e. The van der Waals surface area contributed by atoms with Crippen molar-refractivity contribution in [2.75, 3.05) is 26.7 Å². The second-order valence-corrected chi connectivity index (χ2v) is 5.98. The van der Waals surface area contributed by atoms with E-state index < -0.39 is 6.10 Å². The first-order valence-electron chi connectivity index (χ1n) is 8.39. The van der Waals surface area contributed by atoms with Gasteiger partial charge in [-0.05, 0) is 36.7 Å². The lowest BCUT2D eigenvalue weighted by atomic mass is 10.00. The van der Waals surface area contributed by atoms with E-state index in [1.54, 1.807) is 25.4 Å². The predicted octanol–water partition coefficient (Wildman–Crippen LogP) is 1.20. The third kappa shape index (κ3) is 5.22. The maximum absolute atomic E-state index is 12.1. The molecule has 0 fully saturated rings. The van der Waals surface area contributed by atoms with Gasteiger partial charge in [0.15, 0.2) is 0 Å². The van der Waals surface area contributed by atoms with E-state index in [0.717, 1.165) is 19.5 Å². The molecule has 1 amide bonds. The first kappa shape index (κ1) is 18.2. The van der Waals surface area contributed by atoms with Gasteiger partial charge in [0, 0.05) is 38.8 Å². The van der Waals surface area contributed by atoms with Gasteiger partial charge in [0.1, 0.15) is 0 Å². The summed E-state index contributed by atoms with van der Waals surface area (Å²) in [6.07, 6.45) is 5.59. The molecule has 1 aromatic carbocycles. The van der Waals surface area contributed by atoms with Crippen LogP contribution in [0.1, 0.15) is 18.1 Å². The molecule has 1 aliphatic rings. The van der Waals surface area contributed by atoms with Crippen molar-refractivity contribution < 1.29 is 9.90 Å². The summed E-state index contributed by atoms with van der Waals surface area (Å²) in [4.78, 5) is 14.3. The van der Waals surface area contributed by atoms with Crippen molar-refractivity contribution in [2.45, 2.75) is 26.0 Å².